The Morgan fingerprint density at radius 3 is 2.70 bits per heavy atom. The van der Waals surface area contributed by atoms with E-state index in [0.717, 1.165) is 11.3 Å². The minimum absolute atomic E-state index is 0.674. The molecule has 0 saturated heterocycles. The van der Waals surface area contributed by atoms with Crippen molar-refractivity contribution in [1.29, 1.82) is 0 Å². The van der Waals surface area contributed by atoms with Crippen molar-refractivity contribution in [2.24, 2.45) is 0 Å². The summed E-state index contributed by atoms with van der Waals surface area (Å²) >= 11 is 0. The second-order valence-corrected chi connectivity index (χ2v) is 1.97. The van der Waals surface area contributed by atoms with Crippen LogP contribution in [0.4, 0.5) is 0 Å². The van der Waals surface area contributed by atoms with E-state index in [1.165, 1.54) is 0 Å². The van der Waals surface area contributed by atoms with Gasteiger partial charge in [-0.3, -0.25) is 0 Å². The predicted octanol–water partition coefficient (Wildman–Crippen LogP) is 1.66. The lowest BCUT2D eigenvalue weighted by Crippen LogP contribution is -1.98. The predicted molar refractivity (Wildman–Crippen MR) is 43.6 cm³/mol. The van der Waals surface area contributed by atoms with Crippen molar-refractivity contribution in [3.8, 4) is 0 Å². The maximum absolute atomic E-state index is 5.15. The molecule has 1 N–H and O–H groups in total. The van der Waals surface area contributed by atoms with Crippen molar-refractivity contribution >= 4 is 0 Å². The Bertz CT molecular complexity index is 138. The first kappa shape index (κ1) is 9.08. The molecule has 2 heteroatoms. The van der Waals surface area contributed by atoms with Gasteiger partial charge in [-0.2, -0.15) is 0 Å². The Balaban J connectivity index is 3.82. The van der Waals surface area contributed by atoms with E-state index in [2.05, 4.69) is 11.9 Å². The van der Waals surface area contributed by atoms with Gasteiger partial charge in [-0.1, -0.05) is 6.58 Å². The highest BCUT2D eigenvalue weighted by atomic mass is 16.5. The van der Waals surface area contributed by atoms with Crippen LogP contribution in [-0.2, 0) is 4.74 Å². The molecular weight excluding hydrogens is 126 g/mol. The average Bonchev–Trinajstić information content (AvgIpc) is 1.89. The molecule has 10 heavy (non-hydrogen) atoms. The largest absolute Gasteiger partial charge is 0.494 e. The second kappa shape index (κ2) is 4.91. The van der Waals surface area contributed by atoms with Crippen LogP contribution >= 0.6 is 0 Å². The third-order valence-corrected chi connectivity index (χ3v) is 1.12. The van der Waals surface area contributed by atoms with Crippen molar-refractivity contribution in [2.75, 3.05) is 13.7 Å². The third-order valence-electron chi connectivity index (χ3n) is 1.12. The summed E-state index contributed by atoms with van der Waals surface area (Å²) < 4.78 is 5.15. The molecule has 58 valence electrons. The molecule has 0 spiro atoms. The third kappa shape index (κ3) is 3.17. The van der Waals surface area contributed by atoms with Crippen molar-refractivity contribution in [1.82, 2.24) is 5.32 Å². The Morgan fingerprint density at radius 2 is 2.30 bits per heavy atom. The van der Waals surface area contributed by atoms with Gasteiger partial charge in [0.1, 0.15) is 5.76 Å². The van der Waals surface area contributed by atoms with Gasteiger partial charge in [0.25, 0.3) is 0 Å². The maximum atomic E-state index is 5.15. The summed E-state index contributed by atoms with van der Waals surface area (Å²) in [6.07, 6.45) is 1.86. The zero-order chi connectivity index (χ0) is 7.98. The molecule has 0 radical (unpaired) electrons. The molecule has 0 aromatic carbocycles. The number of rotatable bonds is 4. The first-order valence-corrected chi connectivity index (χ1v) is 3.38. The van der Waals surface area contributed by atoms with E-state index < -0.39 is 0 Å². The van der Waals surface area contributed by atoms with E-state index in [1.54, 1.807) is 0 Å². The summed E-state index contributed by atoms with van der Waals surface area (Å²) in [6.45, 7) is 8.30. The van der Waals surface area contributed by atoms with Gasteiger partial charge in [-0.25, -0.2) is 0 Å². The lowest BCUT2D eigenvalue weighted by atomic mass is 10.3. The van der Waals surface area contributed by atoms with E-state index in [9.17, 15) is 0 Å². The van der Waals surface area contributed by atoms with E-state index >= 15 is 0 Å². The van der Waals surface area contributed by atoms with Gasteiger partial charge >= 0.3 is 0 Å². The van der Waals surface area contributed by atoms with E-state index in [1.807, 2.05) is 27.1 Å². The Kier molecular flexibility index (Phi) is 4.46. The van der Waals surface area contributed by atoms with E-state index in [0.29, 0.717) is 6.61 Å². The van der Waals surface area contributed by atoms with Crippen molar-refractivity contribution < 1.29 is 4.74 Å². The van der Waals surface area contributed by atoms with Gasteiger partial charge < -0.3 is 10.1 Å². The monoisotopic (exact) mass is 141 g/mol. The highest BCUT2D eigenvalue weighted by molar-refractivity contribution is 5.19. The summed E-state index contributed by atoms with van der Waals surface area (Å²) in [6, 6.07) is 0. The van der Waals surface area contributed by atoms with Crippen LogP contribution in [0.5, 0.6) is 0 Å². The van der Waals surface area contributed by atoms with Crippen LogP contribution in [0.25, 0.3) is 0 Å². The molecular formula is C8H15NO. The van der Waals surface area contributed by atoms with Gasteiger partial charge in [0, 0.05) is 18.8 Å². The van der Waals surface area contributed by atoms with Crippen molar-refractivity contribution in [3.05, 3.63) is 24.1 Å². The minimum Gasteiger partial charge on any atom is -0.494 e. The zero-order valence-corrected chi connectivity index (χ0v) is 6.90. The van der Waals surface area contributed by atoms with Crippen LogP contribution in [0.3, 0.4) is 0 Å². The first-order valence-electron chi connectivity index (χ1n) is 3.38. The number of nitrogens with one attached hydrogen (secondary N) is 1. The number of ether oxygens (including phenoxy) is 1. The van der Waals surface area contributed by atoms with Gasteiger partial charge in [0.2, 0.25) is 0 Å². The molecule has 0 aromatic rings. The fourth-order valence-corrected chi connectivity index (χ4v) is 0.585. The Labute approximate surface area is 62.6 Å². The summed E-state index contributed by atoms with van der Waals surface area (Å²) in [5.74, 6) is 0.733. The minimum atomic E-state index is 0.674. The molecule has 0 aliphatic rings. The fraction of sp³-hybridized carbons (Fsp3) is 0.500. The van der Waals surface area contributed by atoms with Gasteiger partial charge in [-0.15, -0.1) is 0 Å². The maximum Gasteiger partial charge on any atom is 0.116 e. The molecule has 0 aliphatic carbocycles. The van der Waals surface area contributed by atoms with Crippen LogP contribution in [0.2, 0.25) is 0 Å². The SMILES string of the molecule is C=C(OCC)/C(C)=C/NC. The quantitative estimate of drug-likeness (QED) is 0.475. The second-order valence-electron chi connectivity index (χ2n) is 1.97. The molecule has 2 nitrogen and oxygen atoms in total. The van der Waals surface area contributed by atoms with E-state index in [4.69, 9.17) is 4.74 Å². The Hall–Kier alpha value is -0.920. The normalized spacial score (nSPS) is 10.9. The van der Waals surface area contributed by atoms with Crippen LogP contribution in [0.15, 0.2) is 24.1 Å². The molecule has 0 fully saturated rings. The van der Waals surface area contributed by atoms with Crippen molar-refractivity contribution in [2.45, 2.75) is 13.8 Å². The molecule has 0 rings (SSSR count). The van der Waals surface area contributed by atoms with Gasteiger partial charge in [0.15, 0.2) is 0 Å². The summed E-state index contributed by atoms with van der Waals surface area (Å²) in [5, 5.41) is 2.90. The standard InChI is InChI=1S/C8H15NO/c1-5-10-8(3)7(2)6-9-4/h6,9H,3,5H2,1-2,4H3/b7-6+. The topological polar surface area (TPSA) is 21.3 Å². The van der Waals surface area contributed by atoms with Crippen LogP contribution in [-0.4, -0.2) is 13.7 Å². The molecule has 0 atom stereocenters. The molecule has 0 bridgehead atoms. The molecule has 0 saturated carbocycles. The smallest absolute Gasteiger partial charge is 0.116 e. The number of hydrogen-bond acceptors (Lipinski definition) is 2. The van der Waals surface area contributed by atoms with Gasteiger partial charge in [-0.05, 0) is 13.8 Å². The molecule has 0 aromatic heterocycles. The summed E-state index contributed by atoms with van der Waals surface area (Å²) in [5.41, 5.74) is 1.03. The number of hydrogen-bond donors (Lipinski definition) is 1. The van der Waals surface area contributed by atoms with E-state index in [-0.39, 0.29) is 0 Å². The molecule has 0 unspecified atom stereocenters. The average molecular weight is 141 g/mol. The molecule has 0 amide bonds. The lowest BCUT2D eigenvalue weighted by molar-refractivity contribution is 0.239. The highest BCUT2D eigenvalue weighted by Gasteiger charge is 1.93. The van der Waals surface area contributed by atoms with Crippen molar-refractivity contribution in [3.63, 3.8) is 0 Å². The highest BCUT2D eigenvalue weighted by Crippen LogP contribution is 2.05. The van der Waals surface area contributed by atoms with Gasteiger partial charge in [0.05, 0.1) is 6.61 Å². The lowest BCUT2D eigenvalue weighted by Gasteiger charge is -2.05. The van der Waals surface area contributed by atoms with Crippen LogP contribution < -0.4 is 5.32 Å². The van der Waals surface area contributed by atoms with Crippen LogP contribution in [0.1, 0.15) is 13.8 Å². The zero-order valence-electron chi connectivity index (χ0n) is 6.90. The molecule has 0 heterocycles. The summed E-state index contributed by atoms with van der Waals surface area (Å²) in [7, 11) is 1.85. The molecule has 0 aliphatic heterocycles. The fourth-order valence-electron chi connectivity index (χ4n) is 0.585. The first-order chi connectivity index (χ1) is 4.72. The Morgan fingerprint density at radius 1 is 1.70 bits per heavy atom. The number of allylic oxidation sites excluding steroid dienone is 1. The summed E-state index contributed by atoms with van der Waals surface area (Å²) in [4.78, 5) is 0. The van der Waals surface area contributed by atoms with Crippen LogP contribution in [0, 0.1) is 0 Å².